The maximum Gasteiger partial charge on any atom is 0.159 e. The average Bonchev–Trinajstić information content (AvgIpc) is 2.88. The van der Waals surface area contributed by atoms with Crippen LogP contribution < -0.4 is 0 Å². The van der Waals surface area contributed by atoms with E-state index in [1.54, 1.807) is 6.92 Å². The lowest BCUT2D eigenvalue weighted by Gasteiger charge is -2.22. The van der Waals surface area contributed by atoms with Gasteiger partial charge in [0.2, 0.25) is 0 Å². The number of ether oxygens (including phenoxy) is 8. The standard InChI is InChI=1S/C26H42O9/c1-23(27)25-7-5-24(6-8-25)22-33-19-18-31-15-14-29-11-10-28-12-13-30-16-17-32-20-21-35-26-4-2-3-9-34-26/h5-8,26H,2-4,9-22H2,1H3. The van der Waals surface area contributed by atoms with Crippen molar-refractivity contribution in [1.29, 1.82) is 0 Å². The van der Waals surface area contributed by atoms with Gasteiger partial charge in [-0.3, -0.25) is 4.79 Å². The fourth-order valence-corrected chi connectivity index (χ4v) is 3.21. The minimum absolute atomic E-state index is 0.0623. The topological polar surface area (TPSA) is 90.9 Å². The van der Waals surface area contributed by atoms with E-state index in [1.165, 1.54) is 6.42 Å². The van der Waals surface area contributed by atoms with Crippen LogP contribution in [0.25, 0.3) is 0 Å². The second kappa shape index (κ2) is 20.7. The molecule has 1 aliphatic rings. The van der Waals surface area contributed by atoms with E-state index in [0.29, 0.717) is 91.5 Å². The van der Waals surface area contributed by atoms with Crippen LogP contribution in [0.1, 0.15) is 42.1 Å². The maximum absolute atomic E-state index is 11.3. The van der Waals surface area contributed by atoms with Crippen LogP contribution in [-0.4, -0.2) is 98.0 Å². The highest BCUT2D eigenvalue weighted by Gasteiger charge is 2.13. The summed E-state index contributed by atoms with van der Waals surface area (Å²) in [6.45, 7) is 9.14. The first-order valence-electron chi connectivity index (χ1n) is 12.6. The molecule has 35 heavy (non-hydrogen) atoms. The van der Waals surface area contributed by atoms with Crippen molar-refractivity contribution in [3.63, 3.8) is 0 Å². The Balaban J connectivity index is 1.22. The van der Waals surface area contributed by atoms with Gasteiger partial charge in [-0.15, -0.1) is 0 Å². The molecule has 0 spiro atoms. The zero-order chi connectivity index (χ0) is 24.8. The molecule has 0 saturated carbocycles. The number of hydrogen-bond acceptors (Lipinski definition) is 9. The molecule has 2 rings (SSSR count). The van der Waals surface area contributed by atoms with Crippen LogP contribution in [0, 0.1) is 0 Å². The number of carbonyl (C=O) groups is 1. The Morgan fingerprint density at radius 1 is 0.714 bits per heavy atom. The molecule has 200 valence electrons. The third kappa shape index (κ3) is 16.0. The van der Waals surface area contributed by atoms with E-state index in [2.05, 4.69) is 0 Å². The monoisotopic (exact) mass is 498 g/mol. The molecule has 0 aliphatic carbocycles. The van der Waals surface area contributed by atoms with Crippen LogP contribution in [0.3, 0.4) is 0 Å². The molecule has 1 fully saturated rings. The fraction of sp³-hybridized carbons (Fsp3) is 0.731. The van der Waals surface area contributed by atoms with E-state index in [1.807, 2.05) is 24.3 Å². The fourth-order valence-electron chi connectivity index (χ4n) is 3.21. The molecule has 0 N–H and O–H groups in total. The predicted octanol–water partition coefficient (Wildman–Crippen LogP) is 3.03. The maximum atomic E-state index is 11.3. The van der Waals surface area contributed by atoms with Crippen LogP contribution >= 0.6 is 0 Å². The summed E-state index contributed by atoms with van der Waals surface area (Å²) in [4.78, 5) is 11.3. The minimum atomic E-state index is -0.0623. The quantitative estimate of drug-likeness (QED) is 0.177. The lowest BCUT2D eigenvalue weighted by Crippen LogP contribution is -2.24. The second-order valence-corrected chi connectivity index (χ2v) is 8.03. The predicted molar refractivity (Wildman–Crippen MR) is 130 cm³/mol. The van der Waals surface area contributed by atoms with Crippen molar-refractivity contribution < 1.29 is 42.7 Å². The van der Waals surface area contributed by atoms with E-state index in [-0.39, 0.29) is 12.1 Å². The van der Waals surface area contributed by atoms with E-state index < -0.39 is 0 Å². The summed E-state index contributed by atoms with van der Waals surface area (Å²) in [5, 5.41) is 0. The molecule has 1 aliphatic heterocycles. The average molecular weight is 499 g/mol. The van der Waals surface area contributed by atoms with E-state index in [0.717, 1.165) is 25.0 Å². The first-order valence-corrected chi connectivity index (χ1v) is 12.6. The van der Waals surface area contributed by atoms with Gasteiger partial charge in [-0.1, -0.05) is 24.3 Å². The van der Waals surface area contributed by atoms with Gasteiger partial charge < -0.3 is 37.9 Å². The van der Waals surface area contributed by atoms with Gasteiger partial charge >= 0.3 is 0 Å². The first-order chi connectivity index (χ1) is 17.3. The summed E-state index contributed by atoms with van der Waals surface area (Å²) < 4.78 is 44.0. The SMILES string of the molecule is CC(=O)c1ccc(COCCOCCOCCOCCOCCOCCOC2CCCCO2)cc1. The molecule has 0 amide bonds. The molecule has 1 heterocycles. The van der Waals surface area contributed by atoms with Gasteiger partial charge in [0.05, 0.1) is 85.9 Å². The molecule has 1 atom stereocenters. The van der Waals surface area contributed by atoms with Crippen LogP contribution in [0.15, 0.2) is 24.3 Å². The van der Waals surface area contributed by atoms with Gasteiger partial charge in [-0.25, -0.2) is 0 Å². The Bertz CT molecular complexity index is 632. The largest absolute Gasteiger partial charge is 0.377 e. The lowest BCUT2D eigenvalue weighted by molar-refractivity contribution is -0.169. The van der Waals surface area contributed by atoms with Crippen molar-refractivity contribution in [2.24, 2.45) is 0 Å². The van der Waals surface area contributed by atoms with Crippen LogP contribution in [-0.2, 0) is 44.5 Å². The van der Waals surface area contributed by atoms with E-state index >= 15 is 0 Å². The lowest BCUT2D eigenvalue weighted by atomic mass is 10.1. The van der Waals surface area contributed by atoms with Crippen molar-refractivity contribution in [3.05, 3.63) is 35.4 Å². The Labute approximate surface area is 209 Å². The molecule has 0 radical (unpaired) electrons. The third-order valence-corrected chi connectivity index (χ3v) is 5.16. The molecule has 9 heteroatoms. The van der Waals surface area contributed by atoms with Crippen molar-refractivity contribution in [2.45, 2.75) is 39.1 Å². The molecule has 0 aromatic heterocycles. The number of ketones is 1. The van der Waals surface area contributed by atoms with Gasteiger partial charge in [0.15, 0.2) is 12.1 Å². The van der Waals surface area contributed by atoms with Crippen molar-refractivity contribution in [2.75, 3.05) is 85.9 Å². The van der Waals surface area contributed by atoms with Crippen LogP contribution in [0.4, 0.5) is 0 Å². The number of carbonyl (C=O) groups excluding carboxylic acids is 1. The number of hydrogen-bond donors (Lipinski definition) is 0. The van der Waals surface area contributed by atoms with E-state index in [9.17, 15) is 4.79 Å². The summed E-state index contributed by atoms with van der Waals surface area (Å²) in [6.07, 6.45) is 3.20. The number of Topliss-reactive ketones (excluding diaryl/α,β-unsaturated/α-hetero) is 1. The summed E-state index contributed by atoms with van der Waals surface area (Å²) in [5.41, 5.74) is 1.74. The van der Waals surface area contributed by atoms with Crippen LogP contribution in [0.5, 0.6) is 0 Å². The summed E-state index contributed by atoms with van der Waals surface area (Å²) in [5.74, 6) is 0.0634. The molecule has 1 aromatic carbocycles. The Morgan fingerprint density at radius 2 is 1.20 bits per heavy atom. The van der Waals surface area contributed by atoms with Gasteiger partial charge in [0.1, 0.15) is 0 Å². The summed E-state index contributed by atoms with van der Waals surface area (Å²) in [7, 11) is 0. The smallest absolute Gasteiger partial charge is 0.159 e. The van der Waals surface area contributed by atoms with Gasteiger partial charge in [0.25, 0.3) is 0 Å². The zero-order valence-corrected chi connectivity index (χ0v) is 21.1. The highest BCUT2D eigenvalue weighted by Crippen LogP contribution is 2.13. The van der Waals surface area contributed by atoms with Gasteiger partial charge in [-0.2, -0.15) is 0 Å². The van der Waals surface area contributed by atoms with Crippen molar-refractivity contribution >= 4 is 5.78 Å². The normalized spacial score (nSPS) is 16.0. The molecular weight excluding hydrogens is 456 g/mol. The molecule has 1 unspecified atom stereocenters. The van der Waals surface area contributed by atoms with Crippen LogP contribution in [0.2, 0.25) is 0 Å². The molecular formula is C26H42O9. The first kappa shape index (κ1) is 29.8. The van der Waals surface area contributed by atoms with Crippen molar-refractivity contribution in [1.82, 2.24) is 0 Å². The van der Waals surface area contributed by atoms with Crippen molar-refractivity contribution in [3.8, 4) is 0 Å². The van der Waals surface area contributed by atoms with E-state index in [4.69, 9.17) is 37.9 Å². The summed E-state index contributed by atoms with van der Waals surface area (Å²) in [6, 6.07) is 7.43. The molecule has 0 bridgehead atoms. The third-order valence-electron chi connectivity index (χ3n) is 5.16. The molecule has 9 nitrogen and oxygen atoms in total. The highest BCUT2D eigenvalue weighted by atomic mass is 16.7. The summed E-state index contributed by atoms with van der Waals surface area (Å²) >= 11 is 0. The molecule has 1 aromatic rings. The Kier molecular flexibility index (Phi) is 17.7. The highest BCUT2D eigenvalue weighted by molar-refractivity contribution is 5.93. The Morgan fingerprint density at radius 3 is 1.66 bits per heavy atom. The second-order valence-electron chi connectivity index (χ2n) is 8.03. The van der Waals surface area contributed by atoms with Gasteiger partial charge in [0, 0.05) is 12.2 Å². The number of rotatable bonds is 22. The van der Waals surface area contributed by atoms with Gasteiger partial charge in [-0.05, 0) is 31.7 Å². The Hall–Kier alpha value is -1.43. The minimum Gasteiger partial charge on any atom is -0.377 e. The zero-order valence-electron chi connectivity index (χ0n) is 21.1. The molecule has 1 saturated heterocycles. The number of benzene rings is 1.